The molecular weight excluding hydrogens is 311 g/mol. The van der Waals surface area contributed by atoms with E-state index in [1.165, 1.54) is 18.2 Å². The van der Waals surface area contributed by atoms with Crippen LogP contribution in [-0.2, 0) is 0 Å². The van der Waals surface area contributed by atoms with Crippen molar-refractivity contribution in [2.24, 2.45) is 0 Å². The summed E-state index contributed by atoms with van der Waals surface area (Å²) >= 11 is 11.8. The third-order valence-corrected chi connectivity index (χ3v) is 3.48. The van der Waals surface area contributed by atoms with E-state index in [-0.39, 0.29) is 5.69 Å². The Kier molecular flexibility index (Phi) is 4.59. The average molecular weight is 319 g/mol. The third-order valence-electron chi connectivity index (χ3n) is 2.74. The molecule has 2 aromatic carbocycles. The molecule has 0 bridgehead atoms. The minimum Gasteiger partial charge on any atom is -0.258 e. The summed E-state index contributed by atoms with van der Waals surface area (Å²) < 4.78 is 0. The molecule has 0 aliphatic carbocycles. The number of non-ortho nitro benzene ring substituents is 1. The van der Waals surface area contributed by atoms with Gasteiger partial charge in [-0.15, -0.1) is 0 Å². The zero-order valence-electron chi connectivity index (χ0n) is 10.6. The molecule has 0 radical (unpaired) electrons. The summed E-state index contributed by atoms with van der Waals surface area (Å²) in [6.45, 7) is 0. The Morgan fingerprint density at radius 1 is 1.19 bits per heavy atom. The molecule has 0 aromatic heterocycles. The number of nitro groups is 1. The van der Waals surface area contributed by atoms with Gasteiger partial charge in [-0.05, 0) is 29.3 Å². The van der Waals surface area contributed by atoms with E-state index in [1.807, 2.05) is 6.07 Å². The van der Waals surface area contributed by atoms with E-state index < -0.39 is 4.92 Å². The molecule has 0 aliphatic rings. The predicted molar refractivity (Wildman–Crippen MR) is 83.0 cm³/mol. The van der Waals surface area contributed by atoms with Gasteiger partial charge < -0.3 is 0 Å². The highest BCUT2D eigenvalue weighted by Gasteiger charge is 2.09. The van der Waals surface area contributed by atoms with Gasteiger partial charge in [-0.1, -0.05) is 41.4 Å². The Bertz CT molecular complexity index is 779. The van der Waals surface area contributed by atoms with Gasteiger partial charge in [0.25, 0.3) is 5.69 Å². The lowest BCUT2D eigenvalue weighted by Crippen LogP contribution is -1.89. The maximum atomic E-state index is 10.8. The molecule has 0 heterocycles. The van der Waals surface area contributed by atoms with Gasteiger partial charge in [0.2, 0.25) is 0 Å². The van der Waals surface area contributed by atoms with Crippen LogP contribution in [0.4, 0.5) is 5.69 Å². The number of nitriles is 1. The van der Waals surface area contributed by atoms with Crippen LogP contribution in [-0.4, -0.2) is 4.92 Å². The van der Waals surface area contributed by atoms with Gasteiger partial charge >= 0.3 is 0 Å². The fourth-order valence-corrected chi connectivity index (χ4v) is 2.04. The molecular formula is C15H8Cl2N2O2. The lowest BCUT2D eigenvalue weighted by Gasteiger charge is -2.01. The quantitative estimate of drug-likeness (QED) is 0.347. The van der Waals surface area contributed by atoms with Gasteiger partial charge in [-0.25, -0.2) is 0 Å². The maximum Gasteiger partial charge on any atom is 0.270 e. The number of nitro benzene ring substituents is 1. The Balaban J connectivity index is 2.46. The SMILES string of the molecule is N#C/C(=C\c1ccc(Cl)c(Cl)c1)c1cccc([N+](=O)[O-])c1. The highest BCUT2D eigenvalue weighted by Crippen LogP contribution is 2.26. The van der Waals surface area contributed by atoms with Crippen molar-refractivity contribution in [2.75, 3.05) is 0 Å². The van der Waals surface area contributed by atoms with E-state index in [1.54, 1.807) is 30.3 Å². The van der Waals surface area contributed by atoms with Crippen molar-refractivity contribution >= 4 is 40.5 Å². The highest BCUT2D eigenvalue weighted by atomic mass is 35.5. The second-order valence-electron chi connectivity index (χ2n) is 4.15. The Morgan fingerprint density at radius 3 is 2.57 bits per heavy atom. The number of hydrogen-bond donors (Lipinski definition) is 0. The molecule has 2 aromatic rings. The van der Waals surface area contributed by atoms with Crippen LogP contribution < -0.4 is 0 Å². The van der Waals surface area contributed by atoms with Crippen molar-refractivity contribution in [3.05, 3.63) is 73.8 Å². The fraction of sp³-hybridized carbons (Fsp3) is 0. The summed E-state index contributed by atoms with van der Waals surface area (Å²) in [5.41, 5.74) is 1.39. The van der Waals surface area contributed by atoms with Crippen LogP contribution in [0.15, 0.2) is 42.5 Å². The highest BCUT2D eigenvalue weighted by molar-refractivity contribution is 6.42. The van der Waals surface area contributed by atoms with E-state index in [0.717, 1.165) is 0 Å². The first kappa shape index (κ1) is 15.0. The van der Waals surface area contributed by atoms with E-state index in [0.29, 0.717) is 26.7 Å². The minimum absolute atomic E-state index is 0.0669. The lowest BCUT2D eigenvalue weighted by atomic mass is 10.0. The van der Waals surface area contributed by atoms with Crippen molar-refractivity contribution in [1.82, 2.24) is 0 Å². The molecule has 6 heteroatoms. The number of hydrogen-bond acceptors (Lipinski definition) is 3. The molecule has 0 amide bonds. The molecule has 2 rings (SSSR count). The first-order valence-electron chi connectivity index (χ1n) is 5.83. The van der Waals surface area contributed by atoms with Gasteiger partial charge in [-0.2, -0.15) is 5.26 Å². The molecule has 0 atom stereocenters. The summed E-state index contributed by atoms with van der Waals surface area (Å²) in [5, 5.41) is 20.8. The number of halogens is 2. The Hall–Kier alpha value is -2.35. The molecule has 0 saturated heterocycles. The van der Waals surface area contributed by atoms with Crippen LogP contribution in [0, 0.1) is 21.4 Å². The maximum absolute atomic E-state index is 10.8. The van der Waals surface area contributed by atoms with Crippen LogP contribution in [0.5, 0.6) is 0 Å². The van der Waals surface area contributed by atoms with Crippen LogP contribution in [0.1, 0.15) is 11.1 Å². The normalized spacial score (nSPS) is 11.0. The average Bonchev–Trinajstić information content (AvgIpc) is 2.48. The van der Waals surface area contributed by atoms with Crippen molar-refractivity contribution in [3.8, 4) is 6.07 Å². The van der Waals surface area contributed by atoms with Crippen LogP contribution in [0.2, 0.25) is 10.0 Å². The molecule has 21 heavy (non-hydrogen) atoms. The summed E-state index contributed by atoms with van der Waals surface area (Å²) in [4.78, 5) is 10.3. The predicted octanol–water partition coefficient (Wildman–Crippen LogP) is 4.97. The molecule has 0 N–H and O–H groups in total. The van der Waals surface area contributed by atoms with E-state index in [4.69, 9.17) is 23.2 Å². The number of rotatable bonds is 3. The zero-order chi connectivity index (χ0) is 15.4. The van der Waals surface area contributed by atoms with E-state index >= 15 is 0 Å². The minimum atomic E-state index is -0.502. The molecule has 0 unspecified atom stereocenters. The van der Waals surface area contributed by atoms with Crippen molar-refractivity contribution in [2.45, 2.75) is 0 Å². The molecule has 4 nitrogen and oxygen atoms in total. The molecule has 0 spiro atoms. The molecule has 0 aliphatic heterocycles. The topological polar surface area (TPSA) is 66.9 Å². The van der Waals surface area contributed by atoms with E-state index in [9.17, 15) is 15.4 Å². The van der Waals surface area contributed by atoms with E-state index in [2.05, 4.69) is 0 Å². The number of benzene rings is 2. The summed E-state index contributed by atoms with van der Waals surface area (Å²) in [6.07, 6.45) is 1.60. The zero-order valence-corrected chi connectivity index (χ0v) is 12.1. The molecule has 0 fully saturated rings. The fourth-order valence-electron chi connectivity index (χ4n) is 1.74. The standard InChI is InChI=1S/C15H8Cl2N2O2/c16-14-5-4-10(7-15(14)17)6-12(9-18)11-2-1-3-13(8-11)19(20)21/h1-8H/b12-6+. The first-order chi connectivity index (χ1) is 10.0. The smallest absolute Gasteiger partial charge is 0.258 e. The third kappa shape index (κ3) is 3.60. The van der Waals surface area contributed by atoms with Crippen LogP contribution in [0.3, 0.4) is 0 Å². The van der Waals surface area contributed by atoms with Gasteiger partial charge in [0.15, 0.2) is 0 Å². The number of nitrogens with zero attached hydrogens (tertiary/aromatic N) is 2. The second kappa shape index (κ2) is 6.40. The van der Waals surface area contributed by atoms with Gasteiger partial charge in [0, 0.05) is 12.1 Å². The Labute approximate surface area is 131 Å². The van der Waals surface area contributed by atoms with Gasteiger partial charge in [0.1, 0.15) is 0 Å². The largest absolute Gasteiger partial charge is 0.270 e. The molecule has 0 saturated carbocycles. The van der Waals surface area contributed by atoms with Crippen molar-refractivity contribution < 1.29 is 4.92 Å². The molecule has 104 valence electrons. The van der Waals surface area contributed by atoms with Gasteiger partial charge in [-0.3, -0.25) is 10.1 Å². The summed E-state index contributed by atoms with van der Waals surface area (Å²) in [5.74, 6) is 0. The number of allylic oxidation sites excluding steroid dienone is 1. The van der Waals surface area contributed by atoms with Crippen LogP contribution in [0.25, 0.3) is 11.6 Å². The van der Waals surface area contributed by atoms with Crippen LogP contribution >= 0.6 is 23.2 Å². The monoisotopic (exact) mass is 318 g/mol. The van der Waals surface area contributed by atoms with Crippen molar-refractivity contribution in [3.63, 3.8) is 0 Å². The second-order valence-corrected chi connectivity index (χ2v) is 4.97. The van der Waals surface area contributed by atoms with Gasteiger partial charge in [0.05, 0.1) is 26.6 Å². The Morgan fingerprint density at radius 2 is 1.95 bits per heavy atom. The first-order valence-corrected chi connectivity index (χ1v) is 6.58. The summed E-state index contributed by atoms with van der Waals surface area (Å²) in [7, 11) is 0. The lowest BCUT2D eigenvalue weighted by molar-refractivity contribution is -0.384. The summed E-state index contributed by atoms with van der Waals surface area (Å²) in [6, 6.07) is 12.9. The van der Waals surface area contributed by atoms with Crippen molar-refractivity contribution in [1.29, 1.82) is 5.26 Å².